The number of nitrogens with one attached hydrogen (secondary N) is 1. The van der Waals surface area contributed by atoms with Gasteiger partial charge >= 0.3 is 0 Å². The molecular formula is C15H24ClNO. The summed E-state index contributed by atoms with van der Waals surface area (Å²) in [6.45, 7) is 7.12. The average molecular weight is 270 g/mol. The second-order valence-electron chi connectivity index (χ2n) is 4.90. The van der Waals surface area contributed by atoms with Crippen LogP contribution >= 0.6 is 11.6 Å². The molecule has 0 radical (unpaired) electrons. The first-order valence-electron chi connectivity index (χ1n) is 6.73. The highest BCUT2D eigenvalue weighted by Gasteiger charge is 2.16. The number of hydrogen-bond acceptors (Lipinski definition) is 2. The van der Waals surface area contributed by atoms with Crippen LogP contribution in [0.25, 0.3) is 0 Å². The van der Waals surface area contributed by atoms with Crippen LogP contribution in [0.3, 0.4) is 0 Å². The summed E-state index contributed by atoms with van der Waals surface area (Å²) in [6, 6.07) is 5.75. The van der Waals surface area contributed by atoms with Gasteiger partial charge in [0.25, 0.3) is 0 Å². The topological polar surface area (TPSA) is 32.3 Å². The molecule has 1 aromatic rings. The fourth-order valence-corrected chi connectivity index (χ4v) is 2.07. The van der Waals surface area contributed by atoms with Crippen molar-refractivity contribution in [2.45, 2.75) is 52.2 Å². The summed E-state index contributed by atoms with van der Waals surface area (Å²) >= 11 is 5.99. The van der Waals surface area contributed by atoms with Gasteiger partial charge < -0.3 is 10.4 Å². The monoisotopic (exact) mass is 269 g/mol. The lowest BCUT2D eigenvalue weighted by atomic mass is 10.0. The van der Waals surface area contributed by atoms with E-state index in [0.29, 0.717) is 0 Å². The van der Waals surface area contributed by atoms with Crippen molar-refractivity contribution in [1.29, 1.82) is 0 Å². The number of benzene rings is 1. The second-order valence-corrected chi connectivity index (χ2v) is 5.31. The predicted molar refractivity (Wildman–Crippen MR) is 78.1 cm³/mol. The summed E-state index contributed by atoms with van der Waals surface area (Å²) in [7, 11) is 0. The fraction of sp³-hybridized carbons (Fsp3) is 0.600. The van der Waals surface area contributed by atoms with E-state index in [1.165, 1.54) is 12.8 Å². The number of aliphatic hydroxyl groups is 1. The van der Waals surface area contributed by atoms with Gasteiger partial charge in [-0.15, -0.1) is 0 Å². The van der Waals surface area contributed by atoms with Gasteiger partial charge in [-0.3, -0.25) is 0 Å². The molecule has 0 aliphatic heterocycles. The zero-order valence-electron chi connectivity index (χ0n) is 11.5. The van der Waals surface area contributed by atoms with Crippen LogP contribution in [0.15, 0.2) is 18.2 Å². The molecule has 3 heteroatoms. The minimum atomic E-state index is -0.484. The Kier molecular flexibility index (Phi) is 6.69. The quantitative estimate of drug-likeness (QED) is 0.737. The van der Waals surface area contributed by atoms with E-state index in [9.17, 15) is 5.11 Å². The number of halogens is 1. The van der Waals surface area contributed by atoms with Gasteiger partial charge in [-0.1, -0.05) is 43.5 Å². The number of unbranched alkanes of at least 4 members (excludes halogenated alkanes) is 2. The van der Waals surface area contributed by atoms with E-state index in [-0.39, 0.29) is 6.04 Å². The van der Waals surface area contributed by atoms with Gasteiger partial charge in [-0.25, -0.2) is 0 Å². The molecule has 2 nitrogen and oxygen atoms in total. The highest BCUT2D eigenvalue weighted by atomic mass is 35.5. The van der Waals surface area contributed by atoms with Crippen molar-refractivity contribution in [3.05, 3.63) is 34.3 Å². The molecule has 0 aliphatic carbocycles. The Labute approximate surface area is 115 Å². The molecule has 1 aromatic carbocycles. The molecule has 0 aromatic heterocycles. The first kappa shape index (κ1) is 15.5. The molecule has 0 amide bonds. The van der Waals surface area contributed by atoms with Crippen LogP contribution in [-0.2, 0) is 0 Å². The normalized spacial score (nSPS) is 14.5. The van der Waals surface area contributed by atoms with Crippen molar-refractivity contribution in [2.24, 2.45) is 0 Å². The molecule has 18 heavy (non-hydrogen) atoms. The Bertz CT molecular complexity index is 368. The standard InChI is InChI=1S/C15H24ClNO/c1-4-5-6-9-17-12(3)15(18)13-7-8-14(16)11(2)10-13/h7-8,10,12,15,17-18H,4-6,9H2,1-3H3. The largest absolute Gasteiger partial charge is 0.387 e. The summed E-state index contributed by atoms with van der Waals surface area (Å²) in [4.78, 5) is 0. The van der Waals surface area contributed by atoms with Crippen LogP contribution in [0.4, 0.5) is 0 Å². The summed E-state index contributed by atoms with van der Waals surface area (Å²) < 4.78 is 0. The molecule has 0 bridgehead atoms. The Balaban J connectivity index is 2.51. The van der Waals surface area contributed by atoms with Gasteiger partial charge in [0.2, 0.25) is 0 Å². The maximum absolute atomic E-state index is 10.3. The van der Waals surface area contributed by atoms with Crippen molar-refractivity contribution in [1.82, 2.24) is 5.32 Å². The van der Waals surface area contributed by atoms with Crippen LogP contribution < -0.4 is 5.32 Å². The summed E-state index contributed by atoms with van der Waals surface area (Å²) in [6.07, 6.45) is 3.13. The van der Waals surface area contributed by atoms with Crippen LogP contribution in [0.2, 0.25) is 5.02 Å². The Morgan fingerprint density at radius 3 is 2.67 bits per heavy atom. The Morgan fingerprint density at radius 1 is 1.33 bits per heavy atom. The molecule has 0 fully saturated rings. The first-order valence-corrected chi connectivity index (χ1v) is 7.11. The lowest BCUT2D eigenvalue weighted by molar-refractivity contribution is 0.136. The van der Waals surface area contributed by atoms with Crippen LogP contribution in [0, 0.1) is 6.92 Å². The lowest BCUT2D eigenvalue weighted by Gasteiger charge is -2.21. The highest BCUT2D eigenvalue weighted by Crippen LogP contribution is 2.22. The smallest absolute Gasteiger partial charge is 0.0940 e. The van der Waals surface area contributed by atoms with Gasteiger partial charge in [-0.05, 0) is 44.0 Å². The third-order valence-corrected chi connectivity index (χ3v) is 3.67. The molecule has 0 saturated carbocycles. The SMILES string of the molecule is CCCCCNC(C)C(O)c1ccc(Cl)c(C)c1. The highest BCUT2D eigenvalue weighted by molar-refractivity contribution is 6.31. The van der Waals surface area contributed by atoms with Crippen LogP contribution in [-0.4, -0.2) is 17.7 Å². The first-order chi connectivity index (χ1) is 8.56. The summed E-state index contributed by atoms with van der Waals surface area (Å²) in [5, 5.41) is 14.4. The fourth-order valence-electron chi connectivity index (χ4n) is 1.96. The second kappa shape index (κ2) is 7.78. The van der Waals surface area contributed by atoms with E-state index in [1.54, 1.807) is 0 Å². The summed E-state index contributed by atoms with van der Waals surface area (Å²) in [5.41, 5.74) is 1.93. The minimum absolute atomic E-state index is 0.0578. The molecule has 102 valence electrons. The lowest BCUT2D eigenvalue weighted by Crippen LogP contribution is -2.32. The Hall–Kier alpha value is -0.570. The van der Waals surface area contributed by atoms with E-state index >= 15 is 0 Å². The van der Waals surface area contributed by atoms with Crippen LogP contribution in [0.5, 0.6) is 0 Å². The van der Waals surface area contributed by atoms with Gasteiger partial charge in [0.1, 0.15) is 0 Å². The molecule has 0 heterocycles. The number of rotatable bonds is 7. The zero-order valence-corrected chi connectivity index (χ0v) is 12.3. The molecule has 2 N–H and O–H groups in total. The third kappa shape index (κ3) is 4.60. The van der Waals surface area contributed by atoms with Gasteiger partial charge in [0.15, 0.2) is 0 Å². The molecule has 2 atom stereocenters. The molecule has 0 aliphatic rings. The molecule has 0 saturated heterocycles. The molecule has 0 spiro atoms. The third-order valence-electron chi connectivity index (χ3n) is 3.24. The van der Waals surface area contributed by atoms with E-state index in [4.69, 9.17) is 11.6 Å². The van der Waals surface area contributed by atoms with Crippen molar-refractivity contribution in [3.63, 3.8) is 0 Å². The summed E-state index contributed by atoms with van der Waals surface area (Å²) in [5.74, 6) is 0. The molecule has 2 unspecified atom stereocenters. The van der Waals surface area contributed by atoms with E-state index < -0.39 is 6.10 Å². The molecular weight excluding hydrogens is 246 g/mol. The van der Waals surface area contributed by atoms with Gasteiger partial charge in [0, 0.05) is 11.1 Å². The van der Waals surface area contributed by atoms with E-state index in [0.717, 1.165) is 29.1 Å². The van der Waals surface area contributed by atoms with E-state index in [2.05, 4.69) is 12.2 Å². The Morgan fingerprint density at radius 2 is 2.06 bits per heavy atom. The maximum atomic E-state index is 10.3. The van der Waals surface area contributed by atoms with E-state index in [1.807, 2.05) is 32.0 Å². The zero-order chi connectivity index (χ0) is 13.5. The number of aryl methyl sites for hydroxylation is 1. The van der Waals surface area contributed by atoms with Crippen molar-refractivity contribution < 1.29 is 5.11 Å². The van der Waals surface area contributed by atoms with Crippen molar-refractivity contribution in [2.75, 3.05) is 6.54 Å². The molecule has 1 rings (SSSR count). The predicted octanol–water partition coefficient (Wildman–Crippen LogP) is 3.85. The van der Waals surface area contributed by atoms with Crippen molar-refractivity contribution >= 4 is 11.6 Å². The average Bonchev–Trinajstić information content (AvgIpc) is 2.37. The van der Waals surface area contributed by atoms with Crippen molar-refractivity contribution in [3.8, 4) is 0 Å². The van der Waals surface area contributed by atoms with Gasteiger partial charge in [-0.2, -0.15) is 0 Å². The maximum Gasteiger partial charge on any atom is 0.0940 e. The van der Waals surface area contributed by atoms with Gasteiger partial charge in [0.05, 0.1) is 6.10 Å². The number of aliphatic hydroxyl groups excluding tert-OH is 1. The minimum Gasteiger partial charge on any atom is -0.387 e. The number of hydrogen-bond donors (Lipinski definition) is 2. The van der Waals surface area contributed by atoms with Crippen LogP contribution in [0.1, 0.15) is 50.3 Å².